The molecule has 0 saturated carbocycles. The van der Waals surface area contributed by atoms with Gasteiger partial charge in [-0.15, -0.1) is 11.3 Å². The van der Waals surface area contributed by atoms with Gasteiger partial charge in [0.2, 0.25) is 11.8 Å². The SMILES string of the molecule is CC[C@]1(c2ccc(NS(=O)(=O)c3ccc(Cl)s3)cc2)CCC(=O)NC1=O. The summed E-state index contributed by atoms with van der Waals surface area (Å²) < 4.78 is 27.7. The fourth-order valence-corrected chi connectivity index (χ4v) is 5.61. The number of rotatable bonds is 5. The second-order valence-corrected chi connectivity index (χ2v) is 9.68. The molecule has 2 heterocycles. The van der Waals surface area contributed by atoms with Crippen molar-refractivity contribution in [2.75, 3.05) is 4.72 Å². The van der Waals surface area contributed by atoms with Crippen molar-refractivity contribution in [1.29, 1.82) is 0 Å². The molecule has 26 heavy (non-hydrogen) atoms. The monoisotopic (exact) mass is 412 g/mol. The van der Waals surface area contributed by atoms with E-state index in [1.807, 2.05) is 6.92 Å². The topological polar surface area (TPSA) is 92.3 Å². The van der Waals surface area contributed by atoms with Gasteiger partial charge in [0.15, 0.2) is 0 Å². The number of anilines is 1. The summed E-state index contributed by atoms with van der Waals surface area (Å²) in [6.45, 7) is 1.90. The van der Waals surface area contributed by atoms with Crippen molar-refractivity contribution in [3.63, 3.8) is 0 Å². The number of piperidine rings is 1. The molecule has 1 saturated heterocycles. The van der Waals surface area contributed by atoms with Crippen LogP contribution in [0, 0.1) is 0 Å². The van der Waals surface area contributed by atoms with Crippen LogP contribution in [0.15, 0.2) is 40.6 Å². The zero-order valence-corrected chi connectivity index (χ0v) is 16.3. The van der Waals surface area contributed by atoms with E-state index >= 15 is 0 Å². The molecule has 9 heteroatoms. The van der Waals surface area contributed by atoms with Crippen LogP contribution >= 0.6 is 22.9 Å². The number of sulfonamides is 1. The van der Waals surface area contributed by atoms with Gasteiger partial charge in [0.1, 0.15) is 4.21 Å². The predicted molar refractivity (Wildman–Crippen MR) is 101 cm³/mol. The minimum atomic E-state index is -3.71. The Kier molecular flexibility index (Phi) is 5.09. The average Bonchev–Trinajstić information content (AvgIpc) is 3.04. The van der Waals surface area contributed by atoms with E-state index in [4.69, 9.17) is 11.6 Å². The van der Waals surface area contributed by atoms with E-state index in [1.165, 1.54) is 12.1 Å². The van der Waals surface area contributed by atoms with Crippen LogP contribution in [-0.4, -0.2) is 20.2 Å². The summed E-state index contributed by atoms with van der Waals surface area (Å²) in [6.07, 6.45) is 1.27. The summed E-state index contributed by atoms with van der Waals surface area (Å²) in [7, 11) is -3.71. The Morgan fingerprint density at radius 2 is 1.88 bits per heavy atom. The lowest BCUT2D eigenvalue weighted by Gasteiger charge is -2.35. The number of hydrogen-bond donors (Lipinski definition) is 2. The zero-order chi connectivity index (χ0) is 18.9. The molecular formula is C17H17ClN2O4S2. The Hall–Kier alpha value is -1.90. The number of imide groups is 1. The van der Waals surface area contributed by atoms with E-state index in [9.17, 15) is 18.0 Å². The number of thiophene rings is 1. The smallest absolute Gasteiger partial charge is 0.271 e. The molecule has 0 aliphatic carbocycles. The van der Waals surface area contributed by atoms with Crippen molar-refractivity contribution in [3.8, 4) is 0 Å². The van der Waals surface area contributed by atoms with Crippen molar-refractivity contribution in [2.45, 2.75) is 35.8 Å². The normalized spacial score (nSPS) is 20.7. The molecule has 0 spiro atoms. The van der Waals surface area contributed by atoms with Gasteiger partial charge in [0, 0.05) is 12.1 Å². The quantitative estimate of drug-likeness (QED) is 0.737. The molecule has 0 radical (unpaired) electrons. The molecule has 1 aromatic heterocycles. The molecule has 2 aromatic rings. The van der Waals surface area contributed by atoms with Crippen molar-refractivity contribution in [3.05, 3.63) is 46.3 Å². The van der Waals surface area contributed by atoms with Crippen LogP contribution < -0.4 is 10.0 Å². The van der Waals surface area contributed by atoms with Gasteiger partial charge in [-0.3, -0.25) is 19.6 Å². The van der Waals surface area contributed by atoms with Crippen LogP contribution in [-0.2, 0) is 25.0 Å². The van der Waals surface area contributed by atoms with Gasteiger partial charge in [-0.1, -0.05) is 30.7 Å². The number of carbonyl (C=O) groups is 2. The molecule has 1 atom stereocenters. The number of nitrogens with one attached hydrogen (secondary N) is 2. The first kappa shape index (κ1) is 18.9. The Bertz CT molecular complexity index is 953. The third-order valence-electron chi connectivity index (χ3n) is 4.57. The lowest BCUT2D eigenvalue weighted by Crippen LogP contribution is -2.51. The molecule has 1 fully saturated rings. The van der Waals surface area contributed by atoms with Crippen molar-refractivity contribution in [1.82, 2.24) is 5.32 Å². The molecule has 0 unspecified atom stereocenters. The molecule has 0 bridgehead atoms. The maximum absolute atomic E-state index is 12.4. The maximum atomic E-state index is 12.4. The highest BCUT2D eigenvalue weighted by molar-refractivity contribution is 7.94. The first-order chi connectivity index (χ1) is 12.3. The molecule has 1 aliphatic heterocycles. The van der Waals surface area contributed by atoms with Crippen LogP contribution in [0.25, 0.3) is 0 Å². The van der Waals surface area contributed by atoms with Crippen molar-refractivity contribution in [2.24, 2.45) is 0 Å². The predicted octanol–water partition coefficient (Wildman–Crippen LogP) is 3.29. The first-order valence-corrected chi connectivity index (χ1v) is 10.7. The number of amides is 2. The number of carbonyl (C=O) groups excluding carboxylic acids is 2. The van der Waals surface area contributed by atoms with Gasteiger partial charge in [-0.25, -0.2) is 8.42 Å². The Morgan fingerprint density at radius 1 is 1.19 bits per heavy atom. The van der Waals surface area contributed by atoms with E-state index in [-0.39, 0.29) is 22.4 Å². The van der Waals surface area contributed by atoms with E-state index in [0.717, 1.165) is 16.9 Å². The summed E-state index contributed by atoms with van der Waals surface area (Å²) in [4.78, 5) is 23.8. The molecule has 3 rings (SSSR count). The van der Waals surface area contributed by atoms with Gasteiger partial charge in [0.25, 0.3) is 10.0 Å². The van der Waals surface area contributed by atoms with Crippen LogP contribution in [0.1, 0.15) is 31.7 Å². The summed E-state index contributed by atoms with van der Waals surface area (Å²) >= 11 is 6.77. The second kappa shape index (κ2) is 7.02. The van der Waals surface area contributed by atoms with Crippen molar-refractivity contribution < 1.29 is 18.0 Å². The minimum absolute atomic E-state index is 0.127. The Balaban J connectivity index is 1.84. The van der Waals surface area contributed by atoms with E-state index in [0.29, 0.717) is 22.9 Å². The fraction of sp³-hybridized carbons (Fsp3) is 0.294. The summed E-state index contributed by atoms with van der Waals surface area (Å²) in [5.74, 6) is -0.573. The van der Waals surface area contributed by atoms with Crippen LogP contribution in [0.4, 0.5) is 5.69 Å². The average molecular weight is 413 g/mol. The molecule has 1 aromatic carbocycles. The minimum Gasteiger partial charge on any atom is -0.296 e. The zero-order valence-electron chi connectivity index (χ0n) is 13.9. The molecule has 6 nitrogen and oxygen atoms in total. The van der Waals surface area contributed by atoms with Crippen molar-refractivity contribution >= 4 is 50.5 Å². The largest absolute Gasteiger partial charge is 0.296 e. The van der Waals surface area contributed by atoms with E-state index < -0.39 is 15.4 Å². The van der Waals surface area contributed by atoms with Crippen LogP contribution in [0.5, 0.6) is 0 Å². The third kappa shape index (κ3) is 3.49. The maximum Gasteiger partial charge on any atom is 0.271 e. The van der Waals surface area contributed by atoms with Crippen LogP contribution in [0.2, 0.25) is 4.34 Å². The summed E-state index contributed by atoms with van der Waals surface area (Å²) in [5.41, 5.74) is 0.371. The van der Waals surface area contributed by atoms with Gasteiger partial charge >= 0.3 is 0 Å². The highest BCUT2D eigenvalue weighted by Crippen LogP contribution is 2.36. The Labute approximate surface area is 160 Å². The standard InChI is InChI=1S/C17H17ClN2O4S2/c1-2-17(10-9-14(21)19-16(17)22)11-3-5-12(6-4-11)20-26(23,24)15-8-7-13(18)25-15/h3-8,20H,2,9-10H2,1H3,(H,19,21,22)/t17-/m1/s1. The lowest BCUT2D eigenvalue weighted by atomic mass is 9.72. The highest BCUT2D eigenvalue weighted by Gasteiger charge is 2.42. The van der Waals surface area contributed by atoms with Gasteiger partial charge in [0.05, 0.1) is 9.75 Å². The summed E-state index contributed by atoms with van der Waals surface area (Å²) in [6, 6.07) is 9.64. The number of benzene rings is 1. The number of hydrogen-bond acceptors (Lipinski definition) is 5. The van der Waals surface area contributed by atoms with Gasteiger partial charge in [-0.05, 0) is 42.7 Å². The first-order valence-electron chi connectivity index (χ1n) is 8.00. The Morgan fingerprint density at radius 3 is 2.42 bits per heavy atom. The molecule has 2 N–H and O–H groups in total. The fourth-order valence-electron chi connectivity index (χ4n) is 3.07. The second-order valence-electron chi connectivity index (χ2n) is 6.05. The van der Waals surface area contributed by atoms with Gasteiger partial charge in [-0.2, -0.15) is 0 Å². The summed E-state index contributed by atoms with van der Waals surface area (Å²) in [5, 5.41) is 2.40. The van der Waals surface area contributed by atoms with E-state index in [1.54, 1.807) is 24.3 Å². The van der Waals surface area contributed by atoms with Crippen LogP contribution in [0.3, 0.4) is 0 Å². The lowest BCUT2D eigenvalue weighted by molar-refractivity contribution is -0.138. The molecule has 138 valence electrons. The molecular weight excluding hydrogens is 396 g/mol. The van der Waals surface area contributed by atoms with E-state index in [2.05, 4.69) is 10.0 Å². The van der Waals surface area contributed by atoms with Gasteiger partial charge < -0.3 is 0 Å². The third-order valence-corrected chi connectivity index (χ3v) is 7.68. The highest BCUT2D eigenvalue weighted by atomic mass is 35.5. The molecule has 2 amide bonds. The number of halogens is 1. The molecule has 1 aliphatic rings.